The molecule has 0 spiro atoms. The van der Waals surface area contributed by atoms with E-state index in [1.807, 2.05) is 6.20 Å². The first-order valence-electron chi connectivity index (χ1n) is 15.7. The van der Waals surface area contributed by atoms with Crippen LogP contribution in [0.25, 0.3) is 76.8 Å². The highest BCUT2D eigenvalue weighted by Gasteiger charge is 2.35. The smallest absolute Gasteiger partial charge is 0.0353 e. The molecular weight excluding hydrogens is 542 g/mol. The zero-order valence-corrected chi connectivity index (χ0v) is 25.4. The van der Waals surface area contributed by atoms with Gasteiger partial charge in [0, 0.05) is 23.2 Å². The second kappa shape index (κ2) is 9.74. The van der Waals surface area contributed by atoms with E-state index in [2.05, 4.69) is 160 Å². The van der Waals surface area contributed by atoms with Gasteiger partial charge in [0.2, 0.25) is 0 Å². The van der Waals surface area contributed by atoms with Crippen molar-refractivity contribution in [2.75, 3.05) is 0 Å². The van der Waals surface area contributed by atoms with E-state index in [4.69, 9.17) is 4.98 Å². The molecule has 45 heavy (non-hydrogen) atoms. The third kappa shape index (κ3) is 3.84. The maximum absolute atomic E-state index is 4.69. The van der Waals surface area contributed by atoms with Gasteiger partial charge in [-0.25, -0.2) is 0 Å². The molecule has 1 aromatic heterocycles. The third-order valence-electron chi connectivity index (χ3n) is 9.96. The Bertz CT molecular complexity index is 2440. The Morgan fingerprint density at radius 2 is 1.13 bits per heavy atom. The van der Waals surface area contributed by atoms with Crippen LogP contribution in [0.3, 0.4) is 0 Å². The van der Waals surface area contributed by atoms with Crippen LogP contribution in [-0.4, -0.2) is 4.98 Å². The Morgan fingerprint density at radius 1 is 0.422 bits per heavy atom. The molecule has 8 aromatic rings. The number of rotatable bonds is 3. The van der Waals surface area contributed by atoms with Crippen LogP contribution in [0.1, 0.15) is 25.0 Å². The standard InChI is InChI=1S/C44H31N/c1-44(2)40-18-9-8-16-33(40)34-21-20-31(26-41(34)44)42-37-23-24-45-27-39(37)43(35-17-10-14-29-13-6-7-15-32(29)35)36-22-19-30(25-38(36)42)28-11-4-3-5-12-28/h3-27H,1-2H3. The largest absolute Gasteiger partial charge is 0.264 e. The molecule has 212 valence electrons. The molecule has 1 aliphatic rings. The summed E-state index contributed by atoms with van der Waals surface area (Å²) in [5, 5.41) is 7.38. The molecule has 0 N–H and O–H groups in total. The van der Waals surface area contributed by atoms with Crippen molar-refractivity contribution in [3.8, 4) is 44.5 Å². The van der Waals surface area contributed by atoms with Gasteiger partial charge >= 0.3 is 0 Å². The molecule has 1 heterocycles. The average Bonchev–Trinajstić information content (AvgIpc) is 3.32. The highest BCUT2D eigenvalue weighted by molar-refractivity contribution is 6.24. The van der Waals surface area contributed by atoms with Gasteiger partial charge in [-0.1, -0.05) is 135 Å². The summed E-state index contributed by atoms with van der Waals surface area (Å²) in [4.78, 5) is 4.69. The lowest BCUT2D eigenvalue weighted by Gasteiger charge is -2.23. The Morgan fingerprint density at radius 3 is 2.04 bits per heavy atom. The minimum atomic E-state index is -0.0762. The normalized spacial score (nSPS) is 13.3. The molecule has 0 radical (unpaired) electrons. The summed E-state index contributed by atoms with van der Waals surface area (Å²) in [5.74, 6) is 0. The second-order valence-corrected chi connectivity index (χ2v) is 12.8. The summed E-state index contributed by atoms with van der Waals surface area (Å²) < 4.78 is 0. The van der Waals surface area contributed by atoms with E-state index < -0.39 is 0 Å². The van der Waals surface area contributed by atoms with Gasteiger partial charge in [-0.3, -0.25) is 4.98 Å². The highest BCUT2D eigenvalue weighted by atomic mass is 14.6. The van der Waals surface area contributed by atoms with Crippen molar-refractivity contribution in [3.63, 3.8) is 0 Å². The number of benzene rings is 7. The first-order valence-corrected chi connectivity index (χ1v) is 15.7. The van der Waals surface area contributed by atoms with Crippen molar-refractivity contribution >= 4 is 32.3 Å². The molecule has 1 aliphatic carbocycles. The van der Waals surface area contributed by atoms with Crippen molar-refractivity contribution in [1.29, 1.82) is 0 Å². The van der Waals surface area contributed by atoms with Crippen molar-refractivity contribution < 1.29 is 0 Å². The van der Waals surface area contributed by atoms with E-state index in [9.17, 15) is 0 Å². The fourth-order valence-electron chi connectivity index (χ4n) is 7.79. The molecule has 0 atom stereocenters. The van der Waals surface area contributed by atoms with E-state index in [-0.39, 0.29) is 5.41 Å². The minimum Gasteiger partial charge on any atom is -0.264 e. The van der Waals surface area contributed by atoms with Crippen LogP contribution in [0.2, 0.25) is 0 Å². The summed E-state index contributed by atoms with van der Waals surface area (Å²) >= 11 is 0. The van der Waals surface area contributed by atoms with Crippen LogP contribution in [0.4, 0.5) is 0 Å². The van der Waals surface area contributed by atoms with Crippen LogP contribution >= 0.6 is 0 Å². The van der Waals surface area contributed by atoms with E-state index in [1.54, 1.807) is 0 Å². The Balaban J connectivity index is 1.41. The summed E-state index contributed by atoms with van der Waals surface area (Å²) in [7, 11) is 0. The molecule has 1 nitrogen and oxygen atoms in total. The summed E-state index contributed by atoms with van der Waals surface area (Å²) in [6, 6.07) is 51.3. The first-order chi connectivity index (χ1) is 22.1. The number of hydrogen-bond donors (Lipinski definition) is 0. The topological polar surface area (TPSA) is 12.9 Å². The predicted octanol–water partition coefficient (Wildman–Crippen LogP) is 11.8. The summed E-state index contributed by atoms with van der Waals surface area (Å²) in [6.07, 6.45) is 4.01. The van der Waals surface area contributed by atoms with Crippen LogP contribution in [0.15, 0.2) is 152 Å². The molecule has 0 fully saturated rings. The highest BCUT2D eigenvalue weighted by Crippen LogP contribution is 2.51. The fraction of sp³-hybridized carbons (Fsp3) is 0.0682. The van der Waals surface area contributed by atoms with Crippen LogP contribution in [-0.2, 0) is 5.41 Å². The predicted molar refractivity (Wildman–Crippen MR) is 191 cm³/mol. The number of hydrogen-bond acceptors (Lipinski definition) is 1. The van der Waals surface area contributed by atoms with Crippen molar-refractivity contribution in [1.82, 2.24) is 4.98 Å². The Kier molecular flexibility index (Phi) is 5.61. The van der Waals surface area contributed by atoms with E-state index >= 15 is 0 Å². The molecule has 0 aliphatic heterocycles. The molecule has 0 bridgehead atoms. The van der Waals surface area contributed by atoms with Gasteiger partial charge in [-0.05, 0) is 101 Å². The average molecular weight is 574 g/mol. The zero-order chi connectivity index (χ0) is 30.1. The van der Waals surface area contributed by atoms with Crippen molar-refractivity contribution in [2.45, 2.75) is 19.3 Å². The first kappa shape index (κ1) is 25.9. The van der Waals surface area contributed by atoms with Gasteiger partial charge < -0.3 is 0 Å². The van der Waals surface area contributed by atoms with E-state index in [0.29, 0.717) is 0 Å². The quantitative estimate of drug-likeness (QED) is 0.192. The van der Waals surface area contributed by atoms with Gasteiger partial charge in [0.1, 0.15) is 0 Å². The number of pyridine rings is 1. The van der Waals surface area contributed by atoms with Gasteiger partial charge in [0.05, 0.1) is 0 Å². The zero-order valence-electron chi connectivity index (χ0n) is 25.4. The van der Waals surface area contributed by atoms with Crippen molar-refractivity contribution in [2.24, 2.45) is 0 Å². The Labute approximate surface area is 263 Å². The number of nitrogens with zero attached hydrogens (tertiary/aromatic N) is 1. The van der Waals surface area contributed by atoms with Crippen LogP contribution in [0.5, 0.6) is 0 Å². The third-order valence-corrected chi connectivity index (χ3v) is 9.96. The van der Waals surface area contributed by atoms with E-state index in [1.165, 1.54) is 88.0 Å². The molecule has 9 rings (SSSR count). The number of fused-ring (bicyclic) bond motifs is 6. The van der Waals surface area contributed by atoms with Crippen molar-refractivity contribution in [3.05, 3.63) is 163 Å². The lowest BCUT2D eigenvalue weighted by Crippen LogP contribution is -2.14. The van der Waals surface area contributed by atoms with Crippen LogP contribution < -0.4 is 0 Å². The molecule has 0 amide bonds. The van der Waals surface area contributed by atoms with Gasteiger partial charge in [-0.2, -0.15) is 0 Å². The van der Waals surface area contributed by atoms with Gasteiger partial charge in [-0.15, -0.1) is 0 Å². The molecule has 1 heteroatoms. The maximum atomic E-state index is 4.69. The Hall–Kier alpha value is -5.53. The SMILES string of the molecule is CC1(C)c2ccccc2-c2ccc(-c3c4cc(-c5ccccc5)ccc4c(-c4cccc5ccccc45)c4cnccc34)cc21. The molecule has 0 saturated carbocycles. The lowest BCUT2D eigenvalue weighted by molar-refractivity contribution is 0.660. The van der Waals surface area contributed by atoms with Gasteiger partial charge in [0.25, 0.3) is 0 Å². The maximum Gasteiger partial charge on any atom is 0.0353 e. The molecular formula is C44H31N. The second-order valence-electron chi connectivity index (χ2n) is 12.8. The fourth-order valence-corrected chi connectivity index (χ4v) is 7.79. The lowest BCUT2D eigenvalue weighted by atomic mass is 9.80. The number of aromatic nitrogens is 1. The summed E-state index contributed by atoms with van der Waals surface area (Å²) in [6.45, 7) is 4.72. The minimum absolute atomic E-state index is 0.0762. The molecule has 7 aromatic carbocycles. The van der Waals surface area contributed by atoms with Gasteiger partial charge in [0.15, 0.2) is 0 Å². The summed E-state index contributed by atoms with van der Waals surface area (Å²) in [5.41, 5.74) is 12.8. The van der Waals surface area contributed by atoms with E-state index in [0.717, 1.165) is 0 Å². The van der Waals surface area contributed by atoms with Crippen LogP contribution in [0, 0.1) is 0 Å². The monoisotopic (exact) mass is 573 g/mol. The molecule has 0 unspecified atom stereocenters. The molecule has 0 saturated heterocycles.